The first kappa shape index (κ1) is 18.1. The van der Waals surface area contributed by atoms with E-state index in [4.69, 9.17) is 0 Å². The molecule has 0 saturated carbocycles. The molecule has 0 unspecified atom stereocenters. The largest absolute Gasteiger partial charge is 0.350 e. The molecule has 1 aliphatic heterocycles. The Balaban J connectivity index is 1.43. The fourth-order valence-electron chi connectivity index (χ4n) is 2.79. The molecule has 6 nitrogen and oxygen atoms in total. The van der Waals surface area contributed by atoms with E-state index in [2.05, 4.69) is 10.6 Å². The first-order valence-electron chi connectivity index (χ1n) is 8.60. The molecule has 1 aromatic heterocycles. The van der Waals surface area contributed by atoms with Crippen molar-refractivity contribution in [3.05, 3.63) is 57.8 Å². The second-order valence-corrected chi connectivity index (χ2v) is 7.08. The fourth-order valence-corrected chi connectivity index (χ4v) is 3.43. The number of nitrogens with one attached hydrogen (secondary N) is 2. The summed E-state index contributed by atoms with van der Waals surface area (Å²) >= 11 is 1.33. The number of likely N-dealkylation sites (tertiary alicyclic amines) is 1. The third-order valence-electron chi connectivity index (χ3n) is 4.24. The molecular formula is C19H21N3O3S. The van der Waals surface area contributed by atoms with Crippen LogP contribution in [0, 0.1) is 0 Å². The number of thiophene rings is 1. The lowest BCUT2D eigenvalue weighted by atomic mass is 10.1. The highest BCUT2D eigenvalue weighted by molar-refractivity contribution is 7.12. The van der Waals surface area contributed by atoms with Crippen LogP contribution >= 0.6 is 11.3 Å². The van der Waals surface area contributed by atoms with Gasteiger partial charge in [0.15, 0.2) is 0 Å². The highest BCUT2D eigenvalue weighted by atomic mass is 32.1. The molecule has 0 radical (unpaired) electrons. The monoisotopic (exact) mass is 371 g/mol. The van der Waals surface area contributed by atoms with E-state index in [1.807, 2.05) is 22.4 Å². The van der Waals surface area contributed by atoms with Gasteiger partial charge in [0.2, 0.25) is 5.91 Å². The smallest absolute Gasteiger partial charge is 0.261 e. The topological polar surface area (TPSA) is 78.5 Å². The molecule has 1 aromatic carbocycles. The van der Waals surface area contributed by atoms with E-state index in [-0.39, 0.29) is 24.3 Å². The third-order valence-corrected chi connectivity index (χ3v) is 5.11. The summed E-state index contributed by atoms with van der Waals surface area (Å²) in [6.07, 6.45) is 2.14. The number of nitrogens with zero attached hydrogens (tertiary/aromatic N) is 1. The first-order chi connectivity index (χ1) is 12.6. The maximum atomic E-state index is 12.3. The Bertz CT molecular complexity index is 766. The van der Waals surface area contributed by atoms with Crippen molar-refractivity contribution in [3.63, 3.8) is 0 Å². The predicted octanol–water partition coefficient (Wildman–Crippen LogP) is 2.03. The summed E-state index contributed by atoms with van der Waals surface area (Å²) in [6, 6.07) is 10.8. The molecule has 26 heavy (non-hydrogen) atoms. The molecule has 136 valence electrons. The molecule has 7 heteroatoms. The quantitative estimate of drug-likeness (QED) is 0.816. The van der Waals surface area contributed by atoms with Crippen molar-refractivity contribution in [2.24, 2.45) is 0 Å². The molecule has 2 heterocycles. The van der Waals surface area contributed by atoms with Crippen LogP contribution in [0.15, 0.2) is 41.8 Å². The molecule has 0 spiro atoms. The molecular weight excluding hydrogens is 350 g/mol. The average Bonchev–Trinajstić information content (AvgIpc) is 3.38. The Hall–Kier alpha value is -2.67. The van der Waals surface area contributed by atoms with E-state index in [0.717, 1.165) is 31.5 Å². The SMILES string of the molecule is O=C(CNC(=O)c1cccs1)NCc1ccc(C(=O)N2CCCC2)cc1. The highest BCUT2D eigenvalue weighted by Gasteiger charge is 2.19. The first-order valence-corrected chi connectivity index (χ1v) is 9.48. The molecule has 1 fully saturated rings. The van der Waals surface area contributed by atoms with Crippen LogP contribution in [0.3, 0.4) is 0 Å². The van der Waals surface area contributed by atoms with Crippen LogP contribution in [-0.4, -0.2) is 42.3 Å². The lowest BCUT2D eigenvalue weighted by Crippen LogP contribution is -2.36. The van der Waals surface area contributed by atoms with Gasteiger partial charge in [-0.3, -0.25) is 14.4 Å². The standard InChI is InChI=1S/C19H21N3O3S/c23-17(13-21-18(24)16-4-3-11-26-16)20-12-14-5-7-15(8-6-14)19(25)22-9-1-2-10-22/h3-8,11H,1-2,9-10,12-13H2,(H,20,23)(H,21,24). The summed E-state index contributed by atoms with van der Waals surface area (Å²) in [5.74, 6) is -0.443. The molecule has 3 rings (SSSR count). The van der Waals surface area contributed by atoms with Gasteiger partial charge in [0.25, 0.3) is 11.8 Å². The highest BCUT2D eigenvalue weighted by Crippen LogP contribution is 2.13. The van der Waals surface area contributed by atoms with E-state index in [1.165, 1.54) is 11.3 Å². The lowest BCUT2D eigenvalue weighted by Gasteiger charge is -2.15. The Labute approximate surface area is 156 Å². The third kappa shape index (κ3) is 4.70. The normalized spacial score (nSPS) is 13.5. The summed E-state index contributed by atoms with van der Waals surface area (Å²) in [5.41, 5.74) is 1.58. The van der Waals surface area contributed by atoms with E-state index in [9.17, 15) is 14.4 Å². The Kier molecular flexibility index (Phi) is 6.01. The zero-order valence-electron chi connectivity index (χ0n) is 14.4. The number of hydrogen-bond donors (Lipinski definition) is 2. The molecule has 1 saturated heterocycles. The van der Waals surface area contributed by atoms with Crippen molar-refractivity contribution >= 4 is 29.1 Å². The number of carbonyl (C=O) groups is 3. The molecule has 0 bridgehead atoms. The van der Waals surface area contributed by atoms with Crippen molar-refractivity contribution in [2.75, 3.05) is 19.6 Å². The van der Waals surface area contributed by atoms with Crippen LogP contribution in [0.1, 0.15) is 38.4 Å². The number of benzene rings is 1. The zero-order chi connectivity index (χ0) is 18.4. The van der Waals surface area contributed by atoms with Crippen molar-refractivity contribution in [2.45, 2.75) is 19.4 Å². The van der Waals surface area contributed by atoms with Gasteiger partial charge < -0.3 is 15.5 Å². The Morgan fingerprint density at radius 3 is 2.38 bits per heavy atom. The van der Waals surface area contributed by atoms with Gasteiger partial charge in [-0.05, 0) is 42.0 Å². The van der Waals surface area contributed by atoms with Crippen molar-refractivity contribution in [1.82, 2.24) is 15.5 Å². The average molecular weight is 371 g/mol. The van der Waals surface area contributed by atoms with Crippen molar-refractivity contribution in [3.8, 4) is 0 Å². The zero-order valence-corrected chi connectivity index (χ0v) is 15.2. The van der Waals surface area contributed by atoms with Gasteiger partial charge in [-0.15, -0.1) is 11.3 Å². The lowest BCUT2D eigenvalue weighted by molar-refractivity contribution is -0.120. The van der Waals surface area contributed by atoms with Crippen LogP contribution in [-0.2, 0) is 11.3 Å². The van der Waals surface area contributed by atoms with Crippen LogP contribution in [0.5, 0.6) is 0 Å². The minimum absolute atomic E-state index is 0.0642. The summed E-state index contributed by atoms with van der Waals surface area (Å²) < 4.78 is 0. The minimum Gasteiger partial charge on any atom is -0.350 e. The van der Waals surface area contributed by atoms with E-state index < -0.39 is 0 Å². The van der Waals surface area contributed by atoms with Crippen LogP contribution < -0.4 is 10.6 Å². The van der Waals surface area contributed by atoms with Crippen LogP contribution in [0.4, 0.5) is 0 Å². The van der Waals surface area contributed by atoms with Crippen molar-refractivity contribution < 1.29 is 14.4 Å². The number of amides is 3. The maximum Gasteiger partial charge on any atom is 0.261 e. The predicted molar refractivity (Wildman–Crippen MR) is 100 cm³/mol. The molecule has 2 aromatic rings. The van der Waals surface area contributed by atoms with Gasteiger partial charge in [0.1, 0.15) is 0 Å². The second-order valence-electron chi connectivity index (χ2n) is 6.13. The summed E-state index contributed by atoms with van der Waals surface area (Å²) in [7, 11) is 0. The maximum absolute atomic E-state index is 12.3. The van der Waals surface area contributed by atoms with Gasteiger partial charge in [0.05, 0.1) is 11.4 Å². The van der Waals surface area contributed by atoms with Gasteiger partial charge >= 0.3 is 0 Å². The molecule has 0 atom stereocenters. The van der Waals surface area contributed by atoms with Crippen LogP contribution in [0.2, 0.25) is 0 Å². The molecule has 3 amide bonds. The number of rotatable bonds is 6. The van der Waals surface area contributed by atoms with Gasteiger partial charge in [-0.2, -0.15) is 0 Å². The molecule has 2 N–H and O–H groups in total. The molecule has 0 aliphatic carbocycles. The van der Waals surface area contributed by atoms with Gasteiger partial charge in [-0.1, -0.05) is 18.2 Å². The summed E-state index contributed by atoms with van der Waals surface area (Å²) in [4.78, 5) is 38.4. The molecule has 1 aliphatic rings. The number of carbonyl (C=O) groups excluding carboxylic acids is 3. The van der Waals surface area contributed by atoms with Crippen LogP contribution in [0.25, 0.3) is 0 Å². The van der Waals surface area contributed by atoms with E-state index in [0.29, 0.717) is 17.0 Å². The van der Waals surface area contributed by atoms with E-state index in [1.54, 1.807) is 24.3 Å². The van der Waals surface area contributed by atoms with Gasteiger partial charge in [-0.25, -0.2) is 0 Å². The summed E-state index contributed by atoms with van der Waals surface area (Å²) in [6.45, 7) is 1.94. The summed E-state index contributed by atoms with van der Waals surface area (Å²) in [5, 5.41) is 7.16. The second kappa shape index (κ2) is 8.62. The Morgan fingerprint density at radius 1 is 1.00 bits per heavy atom. The van der Waals surface area contributed by atoms with Gasteiger partial charge in [0, 0.05) is 25.2 Å². The van der Waals surface area contributed by atoms with E-state index >= 15 is 0 Å². The number of hydrogen-bond acceptors (Lipinski definition) is 4. The Morgan fingerprint density at radius 2 is 1.73 bits per heavy atom. The fraction of sp³-hybridized carbons (Fsp3) is 0.316. The van der Waals surface area contributed by atoms with Crippen molar-refractivity contribution in [1.29, 1.82) is 0 Å². The minimum atomic E-state index is -0.257.